The SMILES string of the molecule is Cc1ncc(-c2cc3c(I)nn(CC(=O)O)c3cc2CN(C)C)cn1. The van der Waals surface area contributed by atoms with Gasteiger partial charge in [0.05, 0.1) is 5.52 Å². The molecule has 0 saturated carbocycles. The van der Waals surface area contributed by atoms with E-state index in [1.165, 1.54) is 4.68 Å². The molecule has 3 rings (SSSR count). The lowest BCUT2D eigenvalue weighted by molar-refractivity contribution is -0.137. The van der Waals surface area contributed by atoms with Crippen LogP contribution in [0.4, 0.5) is 0 Å². The molecule has 0 fully saturated rings. The number of halogens is 1. The fourth-order valence-corrected chi connectivity index (χ4v) is 3.44. The number of hydrogen-bond donors (Lipinski definition) is 1. The third-order valence-electron chi connectivity index (χ3n) is 3.79. The summed E-state index contributed by atoms with van der Waals surface area (Å²) in [5.74, 6) is -0.186. The Labute approximate surface area is 158 Å². The van der Waals surface area contributed by atoms with Crippen LogP contribution in [0.1, 0.15) is 11.4 Å². The summed E-state index contributed by atoms with van der Waals surface area (Å²) in [6, 6.07) is 4.07. The Morgan fingerprint density at radius 3 is 2.56 bits per heavy atom. The zero-order valence-electron chi connectivity index (χ0n) is 14.2. The topological polar surface area (TPSA) is 84.1 Å². The zero-order valence-corrected chi connectivity index (χ0v) is 16.4. The molecule has 1 aromatic carbocycles. The van der Waals surface area contributed by atoms with Gasteiger partial charge in [-0.05, 0) is 66.9 Å². The van der Waals surface area contributed by atoms with Gasteiger partial charge in [-0.15, -0.1) is 0 Å². The van der Waals surface area contributed by atoms with Crippen LogP contribution < -0.4 is 0 Å². The summed E-state index contributed by atoms with van der Waals surface area (Å²) in [5.41, 5.74) is 3.87. The maximum Gasteiger partial charge on any atom is 0.325 e. The van der Waals surface area contributed by atoms with E-state index in [0.717, 1.165) is 37.1 Å². The number of benzene rings is 1. The van der Waals surface area contributed by atoms with Crippen LogP contribution in [-0.4, -0.2) is 49.8 Å². The van der Waals surface area contributed by atoms with Crippen molar-refractivity contribution in [2.75, 3.05) is 14.1 Å². The van der Waals surface area contributed by atoms with Crippen LogP contribution in [0.3, 0.4) is 0 Å². The molecule has 0 atom stereocenters. The smallest absolute Gasteiger partial charge is 0.325 e. The minimum Gasteiger partial charge on any atom is -0.480 e. The minimum absolute atomic E-state index is 0.159. The highest BCUT2D eigenvalue weighted by Gasteiger charge is 2.16. The number of carboxylic acid groups (broad SMARTS) is 1. The van der Waals surface area contributed by atoms with E-state index in [9.17, 15) is 4.79 Å². The van der Waals surface area contributed by atoms with Gasteiger partial charge in [0.15, 0.2) is 0 Å². The number of aryl methyl sites for hydroxylation is 1. The molecule has 8 heteroatoms. The molecule has 2 aromatic heterocycles. The van der Waals surface area contributed by atoms with Gasteiger partial charge < -0.3 is 10.0 Å². The van der Waals surface area contributed by atoms with Crippen molar-refractivity contribution in [3.8, 4) is 11.1 Å². The lowest BCUT2D eigenvalue weighted by atomic mass is 9.99. The van der Waals surface area contributed by atoms with Crippen LogP contribution in [-0.2, 0) is 17.9 Å². The van der Waals surface area contributed by atoms with Gasteiger partial charge in [-0.1, -0.05) is 0 Å². The van der Waals surface area contributed by atoms with Crippen molar-refractivity contribution < 1.29 is 9.90 Å². The second-order valence-electron chi connectivity index (χ2n) is 6.13. The van der Waals surface area contributed by atoms with Crippen LogP contribution >= 0.6 is 22.6 Å². The molecule has 0 saturated heterocycles. The van der Waals surface area contributed by atoms with Crippen LogP contribution in [0.15, 0.2) is 24.5 Å². The first kappa shape index (κ1) is 17.7. The van der Waals surface area contributed by atoms with Gasteiger partial charge in [0.25, 0.3) is 0 Å². The van der Waals surface area contributed by atoms with Gasteiger partial charge in [-0.25, -0.2) is 9.97 Å². The first-order valence-electron chi connectivity index (χ1n) is 7.69. The Morgan fingerprint density at radius 2 is 1.96 bits per heavy atom. The average molecular weight is 451 g/mol. The summed E-state index contributed by atoms with van der Waals surface area (Å²) in [4.78, 5) is 21.8. The van der Waals surface area contributed by atoms with Crippen molar-refractivity contribution in [2.45, 2.75) is 20.0 Å². The van der Waals surface area contributed by atoms with Crippen molar-refractivity contribution in [2.24, 2.45) is 0 Å². The molecule has 0 radical (unpaired) electrons. The molecule has 0 amide bonds. The number of carbonyl (C=O) groups is 1. The molecule has 0 aliphatic rings. The summed E-state index contributed by atoms with van der Waals surface area (Å²) in [7, 11) is 4.00. The standard InChI is InChI=1S/C17H18IN5O2/c1-10-19-6-12(7-20-10)13-5-14-15(4-11(13)8-22(2)3)23(9-16(24)25)21-17(14)18/h4-7H,8-9H2,1-3H3,(H,24,25). The number of fused-ring (bicyclic) bond motifs is 1. The van der Waals surface area contributed by atoms with Crippen LogP contribution in [0.5, 0.6) is 0 Å². The monoisotopic (exact) mass is 451 g/mol. The van der Waals surface area contributed by atoms with Gasteiger partial charge in [0.2, 0.25) is 0 Å². The van der Waals surface area contributed by atoms with E-state index in [-0.39, 0.29) is 6.54 Å². The van der Waals surface area contributed by atoms with Gasteiger partial charge in [-0.2, -0.15) is 5.10 Å². The van der Waals surface area contributed by atoms with Crippen LogP contribution in [0.2, 0.25) is 0 Å². The second kappa shape index (κ2) is 7.04. The number of aromatic nitrogens is 4. The molecule has 3 aromatic rings. The molecule has 0 aliphatic carbocycles. The molecule has 0 bridgehead atoms. The van der Waals surface area contributed by atoms with E-state index in [1.54, 1.807) is 0 Å². The lowest BCUT2D eigenvalue weighted by Gasteiger charge is -2.15. The Kier molecular flexibility index (Phi) is 5.00. The number of hydrogen-bond acceptors (Lipinski definition) is 5. The molecule has 130 valence electrons. The molecular weight excluding hydrogens is 433 g/mol. The highest BCUT2D eigenvalue weighted by Crippen LogP contribution is 2.31. The largest absolute Gasteiger partial charge is 0.480 e. The number of nitrogens with zero attached hydrogens (tertiary/aromatic N) is 5. The van der Waals surface area contributed by atoms with E-state index >= 15 is 0 Å². The fraction of sp³-hybridized carbons (Fsp3) is 0.294. The molecular formula is C17H18IN5O2. The van der Waals surface area contributed by atoms with E-state index in [2.05, 4.69) is 48.6 Å². The summed E-state index contributed by atoms with van der Waals surface area (Å²) < 4.78 is 2.31. The summed E-state index contributed by atoms with van der Waals surface area (Å²) in [6.45, 7) is 2.41. The van der Waals surface area contributed by atoms with Crippen molar-refractivity contribution in [1.82, 2.24) is 24.6 Å². The Balaban J connectivity index is 2.22. The van der Waals surface area contributed by atoms with Gasteiger partial charge in [0, 0.05) is 29.9 Å². The van der Waals surface area contributed by atoms with E-state index in [0.29, 0.717) is 6.54 Å². The summed E-state index contributed by atoms with van der Waals surface area (Å²) >= 11 is 2.14. The normalized spacial score (nSPS) is 11.4. The third kappa shape index (κ3) is 3.79. The van der Waals surface area contributed by atoms with E-state index in [1.807, 2.05) is 39.5 Å². The quantitative estimate of drug-likeness (QED) is 0.601. The Hall–Kier alpha value is -2.07. The molecule has 0 unspecified atom stereocenters. The Bertz CT molecular complexity index is 934. The fourth-order valence-electron chi connectivity index (χ4n) is 2.74. The summed E-state index contributed by atoms with van der Waals surface area (Å²) in [5, 5.41) is 14.4. The number of carboxylic acids is 1. The molecule has 2 heterocycles. The van der Waals surface area contributed by atoms with Gasteiger partial charge in [-0.3, -0.25) is 9.48 Å². The summed E-state index contributed by atoms with van der Waals surface area (Å²) in [6.07, 6.45) is 3.63. The lowest BCUT2D eigenvalue weighted by Crippen LogP contribution is -2.13. The number of aliphatic carboxylic acids is 1. The van der Waals surface area contributed by atoms with Crippen LogP contribution in [0, 0.1) is 10.6 Å². The Morgan fingerprint density at radius 1 is 1.28 bits per heavy atom. The molecule has 0 spiro atoms. The number of rotatable bonds is 5. The first-order valence-corrected chi connectivity index (χ1v) is 8.77. The van der Waals surface area contributed by atoms with Crippen molar-refractivity contribution in [1.29, 1.82) is 0 Å². The maximum absolute atomic E-state index is 11.1. The van der Waals surface area contributed by atoms with Crippen molar-refractivity contribution in [3.05, 3.63) is 39.6 Å². The second-order valence-corrected chi connectivity index (χ2v) is 7.15. The van der Waals surface area contributed by atoms with Gasteiger partial charge in [0.1, 0.15) is 16.1 Å². The predicted molar refractivity (Wildman–Crippen MR) is 103 cm³/mol. The molecule has 1 N–H and O–H groups in total. The predicted octanol–water partition coefficient (Wildman–Crippen LogP) is 2.55. The first-order chi connectivity index (χ1) is 11.8. The van der Waals surface area contributed by atoms with Crippen LogP contribution in [0.25, 0.3) is 22.0 Å². The van der Waals surface area contributed by atoms with Gasteiger partial charge >= 0.3 is 5.97 Å². The zero-order chi connectivity index (χ0) is 18.1. The highest BCUT2D eigenvalue weighted by atomic mass is 127. The molecule has 0 aliphatic heterocycles. The molecule has 25 heavy (non-hydrogen) atoms. The van der Waals surface area contributed by atoms with Crippen molar-refractivity contribution >= 4 is 39.5 Å². The minimum atomic E-state index is -0.911. The highest BCUT2D eigenvalue weighted by molar-refractivity contribution is 14.1. The molecule has 7 nitrogen and oxygen atoms in total. The van der Waals surface area contributed by atoms with E-state index < -0.39 is 5.97 Å². The average Bonchev–Trinajstić information content (AvgIpc) is 2.82. The third-order valence-corrected chi connectivity index (χ3v) is 4.59. The van der Waals surface area contributed by atoms with Crippen molar-refractivity contribution in [3.63, 3.8) is 0 Å². The van der Waals surface area contributed by atoms with E-state index in [4.69, 9.17) is 5.11 Å². The maximum atomic E-state index is 11.1.